The van der Waals surface area contributed by atoms with Crippen LogP contribution < -0.4 is 0 Å². The Labute approximate surface area is 100 Å². The van der Waals surface area contributed by atoms with Crippen molar-refractivity contribution < 1.29 is 4.79 Å². The quantitative estimate of drug-likeness (QED) is 0.806. The fourth-order valence-corrected chi connectivity index (χ4v) is 2.26. The predicted octanol–water partition coefficient (Wildman–Crippen LogP) is 2.56. The van der Waals surface area contributed by atoms with Gasteiger partial charge in [-0.25, -0.2) is 4.68 Å². The van der Waals surface area contributed by atoms with Crippen LogP contribution in [0.1, 0.15) is 24.8 Å². The summed E-state index contributed by atoms with van der Waals surface area (Å²) in [4.78, 5) is 11.2. The van der Waals surface area contributed by atoms with Crippen LogP contribution >= 0.6 is 0 Å². The van der Waals surface area contributed by atoms with Gasteiger partial charge in [0.15, 0.2) is 0 Å². The number of rotatable bonds is 3. The van der Waals surface area contributed by atoms with Crippen molar-refractivity contribution in [3.63, 3.8) is 0 Å². The van der Waals surface area contributed by atoms with Gasteiger partial charge in [0, 0.05) is 12.1 Å². The van der Waals surface area contributed by atoms with Gasteiger partial charge < -0.3 is 0 Å². The van der Waals surface area contributed by atoms with Crippen molar-refractivity contribution in [3.05, 3.63) is 48.3 Å². The first kappa shape index (κ1) is 10.3. The SMILES string of the molecule is CC(=O)C1CC1c1cnn(-c2ccccc2)c1. The first-order chi connectivity index (χ1) is 8.25. The lowest BCUT2D eigenvalue weighted by Crippen LogP contribution is -1.94. The number of aromatic nitrogens is 2. The molecule has 2 aromatic rings. The molecule has 1 aromatic heterocycles. The van der Waals surface area contributed by atoms with Crippen LogP contribution in [0.2, 0.25) is 0 Å². The summed E-state index contributed by atoms with van der Waals surface area (Å²) in [5.74, 6) is 0.913. The zero-order chi connectivity index (χ0) is 11.8. The van der Waals surface area contributed by atoms with Crippen LogP contribution in [0.25, 0.3) is 5.69 Å². The molecule has 3 rings (SSSR count). The Morgan fingerprint density at radius 2 is 2.12 bits per heavy atom. The van der Waals surface area contributed by atoms with Gasteiger partial charge in [0.1, 0.15) is 5.78 Å². The third-order valence-corrected chi connectivity index (χ3v) is 3.36. The zero-order valence-electron chi connectivity index (χ0n) is 9.71. The minimum atomic E-state index is 0.225. The first-order valence-electron chi connectivity index (χ1n) is 5.86. The molecule has 3 nitrogen and oxygen atoms in total. The van der Waals surface area contributed by atoms with Gasteiger partial charge in [0.05, 0.1) is 11.9 Å². The van der Waals surface area contributed by atoms with Crippen LogP contribution in [-0.2, 0) is 4.79 Å². The molecule has 0 spiro atoms. The molecule has 0 radical (unpaired) electrons. The number of hydrogen-bond donors (Lipinski definition) is 0. The van der Waals surface area contributed by atoms with Crippen LogP contribution in [-0.4, -0.2) is 15.6 Å². The highest BCUT2D eigenvalue weighted by atomic mass is 16.1. The van der Waals surface area contributed by atoms with Gasteiger partial charge in [-0.3, -0.25) is 4.79 Å². The Morgan fingerprint density at radius 1 is 1.35 bits per heavy atom. The lowest BCUT2D eigenvalue weighted by atomic mass is 10.1. The Kier molecular flexibility index (Phi) is 2.32. The third kappa shape index (κ3) is 1.88. The van der Waals surface area contributed by atoms with Crippen LogP contribution in [0.4, 0.5) is 0 Å². The minimum absolute atomic E-state index is 0.225. The molecule has 1 aliphatic carbocycles. The van der Waals surface area contributed by atoms with Crippen molar-refractivity contribution in [1.82, 2.24) is 9.78 Å². The van der Waals surface area contributed by atoms with E-state index in [1.54, 1.807) is 6.92 Å². The second kappa shape index (κ2) is 3.84. The van der Waals surface area contributed by atoms with E-state index in [1.807, 2.05) is 47.4 Å². The Morgan fingerprint density at radius 3 is 2.76 bits per heavy atom. The molecular formula is C14H14N2O. The maximum Gasteiger partial charge on any atom is 0.133 e. The summed E-state index contributed by atoms with van der Waals surface area (Å²) >= 11 is 0. The second-order valence-corrected chi connectivity index (χ2v) is 4.61. The maximum atomic E-state index is 11.2. The molecule has 1 aliphatic rings. The summed E-state index contributed by atoms with van der Waals surface area (Å²) in [6.45, 7) is 1.67. The fourth-order valence-electron chi connectivity index (χ4n) is 2.26. The number of hydrogen-bond acceptors (Lipinski definition) is 2. The molecule has 0 amide bonds. The van der Waals surface area contributed by atoms with Gasteiger partial charge in [-0.2, -0.15) is 5.10 Å². The number of ketones is 1. The van der Waals surface area contributed by atoms with Crippen LogP contribution in [0.3, 0.4) is 0 Å². The summed E-state index contributed by atoms with van der Waals surface area (Å²) in [5, 5.41) is 4.35. The number of carbonyl (C=O) groups is 1. The number of nitrogens with zero attached hydrogens (tertiary/aromatic N) is 2. The topological polar surface area (TPSA) is 34.9 Å². The van der Waals surface area contributed by atoms with E-state index in [-0.39, 0.29) is 5.92 Å². The average molecular weight is 226 g/mol. The maximum absolute atomic E-state index is 11.2. The van der Waals surface area contributed by atoms with Crippen LogP contribution in [0, 0.1) is 5.92 Å². The van der Waals surface area contributed by atoms with E-state index in [0.29, 0.717) is 11.7 Å². The normalized spacial score (nSPS) is 22.4. The molecule has 2 unspecified atom stereocenters. The van der Waals surface area contributed by atoms with E-state index in [0.717, 1.165) is 12.1 Å². The summed E-state index contributed by atoms with van der Waals surface area (Å²) in [6, 6.07) is 10.0. The van der Waals surface area contributed by atoms with E-state index in [9.17, 15) is 4.79 Å². The van der Waals surface area contributed by atoms with Crippen LogP contribution in [0.5, 0.6) is 0 Å². The first-order valence-corrected chi connectivity index (χ1v) is 5.86. The summed E-state index contributed by atoms with van der Waals surface area (Å²) < 4.78 is 1.87. The number of carbonyl (C=O) groups excluding carboxylic acids is 1. The standard InChI is InChI=1S/C14H14N2O/c1-10(17)13-7-14(13)11-8-15-16(9-11)12-5-3-2-4-6-12/h2-6,8-9,13-14H,7H2,1H3. The molecule has 1 heterocycles. The van der Waals surface area contributed by atoms with Crippen molar-refractivity contribution >= 4 is 5.78 Å². The summed E-state index contributed by atoms with van der Waals surface area (Å²) in [5.41, 5.74) is 2.23. The highest BCUT2D eigenvalue weighted by Crippen LogP contribution is 2.47. The molecule has 1 fully saturated rings. The highest BCUT2D eigenvalue weighted by molar-refractivity contribution is 5.82. The molecule has 17 heavy (non-hydrogen) atoms. The second-order valence-electron chi connectivity index (χ2n) is 4.61. The number of Topliss-reactive ketones (excluding diaryl/α,β-unsaturated/α-hetero) is 1. The molecule has 3 heteroatoms. The monoisotopic (exact) mass is 226 g/mol. The van der Waals surface area contributed by atoms with E-state index < -0.39 is 0 Å². The van der Waals surface area contributed by atoms with E-state index in [2.05, 4.69) is 5.10 Å². The summed E-state index contributed by atoms with van der Waals surface area (Å²) in [6.07, 6.45) is 4.89. The van der Waals surface area contributed by atoms with E-state index in [4.69, 9.17) is 0 Å². The largest absolute Gasteiger partial charge is 0.300 e. The van der Waals surface area contributed by atoms with E-state index >= 15 is 0 Å². The minimum Gasteiger partial charge on any atom is -0.300 e. The molecular weight excluding hydrogens is 212 g/mol. The summed E-state index contributed by atoms with van der Waals surface area (Å²) in [7, 11) is 0. The lowest BCUT2D eigenvalue weighted by Gasteiger charge is -1.98. The molecule has 2 atom stereocenters. The zero-order valence-corrected chi connectivity index (χ0v) is 9.71. The van der Waals surface area contributed by atoms with Crippen molar-refractivity contribution in [2.24, 2.45) is 5.92 Å². The smallest absolute Gasteiger partial charge is 0.133 e. The van der Waals surface area contributed by atoms with Crippen molar-refractivity contribution in [3.8, 4) is 5.69 Å². The van der Waals surface area contributed by atoms with Crippen molar-refractivity contribution in [1.29, 1.82) is 0 Å². The molecule has 1 aromatic carbocycles. The average Bonchev–Trinajstić information content (AvgIpc) is 3.01. The van der Waals surface area contributed by atoms with Crippen LogP contribution in [0.15, 0.2) is 42.7 Å². The molecule has 0 bridgehead atoms. The lowest BCUT2D eigenvalue weighted by molar-refractivity contribution is -0.118. The Hall–Kier alpha value is -1.90. The molecule has 0 saturated heterocycles. The van der Waals surface area contributed by atoms with Gasteiger partial charge in [-0.15, -0.1) is 0 Å². The Balaban J connectivity index is 1.83. The van der Waals surface area contributed by atoms with Crippen molar-refractivity contribution in [2.75, 3.05) is 0 Å². The van der Waals surface area contributed by atoms with Crippen molar-refractivity contribution in [2.45, 2.75) is 19.3 Å². The van der Waals surface area contributed by atoms with Gasteiger partial charge in [0.2, 0.25) is 0 Å². The fraction of sp³-hybridized carbons (Fsp3) is 0.286. The molecule has 0 N–H and O–H groups in total. The molecule has 1 saturated carbocycles. The van der Waals surface area contributed by atoms with E-state index in [1.165, 1.54) is 5.56 Å². The van der Waals surface area contributed by atoms with Gasteiger partial charge >= 0.3 is 0 Å². The van der Waals surface area contributed by atoms with Gasteiger partial charge in [0.25, 0.3) is 0 Å². The molecule has 86 valence electrons. The predicted molar refractivity (Wildman–Crippen MR) is 65.1 cm³/mol. The highest BCUT2D eigenvalue weighted by Gasteiger charge is 2.42. The number of para-hydroxylation sites is 1. The Bertz CT molecular complexity index is 544. The number of benzene rings is 1. The molecule has 0 aliphatic heterocycles. The third-order valence-electron chi connectivity index (χ3n) is 3.36. The van der Waals surface area contributed by atoms with Gasteiger partial charge in [-0.05, 0) is 37.0 Å². The van der Waals surface area contributed by atoms with Gasteiger partial charge in [-0.1, -0.05) is 18.2 Å².